The summed E-state index contributed by atoms with van der Waals surface area (Å²) < 4.78 is 37.1. The summed E-state index contributed by atoms with van der Waals surface area (Å²) in [6.07, 6.45) is 3.17. The minimum Gasteiger partial charge on any atom is -0.493 e. The highest BCUT2D eigenvalue weighted by Gasteiger charge is 2.31. The van der Waals surface area contributed by atoms with E-state index in [9.17, 15) is 18.0 Å². The standard InChI is InChI=1S/C26H37N3O6S/c1-6-8-16-27-26(31)22(7-2)28(18-20-12-10-9-11-13-20)25(30)19-29(36(5,32)33)21-14-15-23(34-3)24(17-21)35-4/h9-15,17,22H,6-8,16,18-19H2,1-5H3,(H,27,31)/t22-/m1/s1. The highest BCUT2D eigenvalue weighted by atomic mass is 32.2. The predicted molar refractivity (Wildman–Crippen MR) is 141 cm³/mol. The molecule has 0 bridgehead atoms. The SMILES string of the molecule is CCCCNC(=O)[C@@H](CC)N(Cc1ccccc1)C(=O)CN(c1ccc(OC)c(OC)c1)S(C)(=O)=O. The van der Waals surface area contributed by atoms with Crippen LogP contribution in [0.5, 0.6) is 11.5 Å². The van der Waals surface area contributed by atoms with Gasteiger partial charge in [-0.25, -0.2) is 8.42 Å². The summed E-state index contributed by atoms with van der Waals surface area (Å²) in [5.41, 5.74) is 1.09. The molecular formula is C26H37N3O6S. The number of methoxy groups -OCH3 is 2. The van der Waals surface area contributed by atoms with Crippen LogP contribution in [0.15, 0.2) is 48.5 Å². The maximum absolute atomic E-state index is 13.7. The number of benzene rings is 2. The Hall–Kier alpha value is -3.27. The number of carbonyl (C=O) groups excluding carboxylic acids is 2. The summed E-state index contributed by atoms with van der Waals surface area (Å²) >= 11 is 0. The molecule has 0 aliphatic rings. The van der Waals surface area contributed by atoms with Gasteiger partial charge in [-0.3, -0.25) is 13.9 Å². The van der Waals surface area contributed by atoms with E-state index in [0.717, 1.165) is 29.0 Å². The molecule has 0 saturated heterocycles. The molecule has 198 valence electrons. The fraction of sp³-hybridized carbons (Fsp3) is 0.462. The largest absolute Gasteiger partial charge is 0.493 e. The van der Waals surface area contributed by atoms with Gasteiger partial charge >= 0.3 is 0 Å². The molecule has 36 heavy (non-hydrogen) atoms. The molecule has 0 fully saturated rings. The molecule has 1 N–H and O–H groups in total. The number of nitrogens with one attached hydrogen (secondary N) is 1. The minimum atomic E-state index is -3.85. The van der Waals surface area contributed by atoms with Crippen LogP contribution in [0.4, 0.5) is 5.69 Å². The molecule has 0 aliphatic heterocycles. The molecule has 9 nitrogen and oxygen atoms in total. The molecule has 0 heterocycles. The molecule has 1 atom stereocenters. The van der Waals surface area contributed by atoms with Crippen LogP contribution < -0.4 is 19.1 Å². The van der Waals surface area contributed by atoms with Crippen LogP contribution in [0.2, 0.25) is 0 Å². The lowest BCUT2D eigenvalue weighted by Gasteiger charge is -2.33. The van der Waals surface area contributed by atoms with Crippen molar-refractivity contribution < 1.29 is 27.5 Å². The van der Waals surface area contributed by atoms with Crippen LogP contribution in [-0.4, -0.2) is 64.7 Å². The molecule has 2 aromatic carbocycles. The van der Waals surface area contributed by atoms with E-state index < -0.39 is 28.5 Å². The van der Waals surface area contributed by atoms with E-state index >= 15 is 0 Å². The molecule has 0 radical (unpaired) electrons. The van der Waals surface area contributed by atoms with E-state index in [1.54, 1.807) is 12.1 Å². The lowest BCUT2D eigenvalue weighted by Crippen LogP contribution is -2.52. The van der Waals surface area contributed by atoms with Gasteiger partial charge in [-0.05, 0) is 30.5 Å². The van der Waals surface area contributed by atoms with Crippen molar-refractivity contribution in [3.63, 3.8) is 0 Å². The first kappa shape index (κ1) is 29.0. The second-order valence-electron chi connectivity index (χ2n) is 8.38. The lowest BCUT2D eigenvalue weighted by molar-refractivity contribution is -0.140. The number of ether oxygens (including phenoxy) is 2. The molecule has 2 rings (SSSR count). The first-order valence-corrected chi connectivity index (χ1v) is 13.8. The Kier molecular flexibility index (Phi) is 11.0. The number of nitrogens with zero attached hydrogens (tertiary/aromatic N) is 2. The predicted octanol–water partition coefficient (Wildman–Crippen LogP) is 3.19. The summed E-state index contributed by atoms with van der Waals surface area (Å²) in [5.74, 6) is 0.0179. The van der Waals surface area contributed by atoms with Gasteiger partial charge in [0.2, 0.25) is 21.8 Å². The number of hydrogen-bond donors (Lipinski definition) is 1. The van der Waals surface area contributed by atoms with Crippen molar-refractivity contribution in [3.8, 4) is 11.5 Å². The number of carbonyl (C=O) groups is 2. The quantitative estimate of drug-likeness (QED) is 0.385. The first-order valence-electron chi connectivity index (χ1n) is 12.0. The van der Waals surface area contributed by atoms with E-state index in [0.29, 0.717) is 24.5 Å². The second-order valence-corrected chi connectivity index (χ2v) is 10.3. The average molecular weight is 520 g/mol. The Bertz CT molecular complexity index is 1110. The van der Waals surface area contributed by atoms with Crippen LogP contribution in [0, 0.1) is 0 Å². The number of rotatable bonds is 14. The summed E-state index contributed by atoms with van der Waals surface area (Å²) in [6.45, 7) is 4.07. The van der Waals surface area contributed by atoms with Gasteiger partial charge in [0, 0.05) is 19.2 Å². The summed E-state index contributed by atoms with van der Waals surface area (Å²) in [4.78, 5) is 28.2. The zero-order valence-corrected chi connectivity index (χ0v) is 22.5. The van der Waals surface area contributed by atoms with Crippen LogP contribution in [0.3, 0.4) is 0 Å². The molecule has 0 spiro atoms. The van der Waals surface area contributed by atoms with Crippen LogP contribution in [-0.2, 0) is 26.2 Å². The average Bonchev–Trinajstić information content (AvgIpc) is 2.86. The zero-order valence-electron chi connectivity index (χ0n) is 21.7. The molecule has 0 aromatic heterocycles. The van der Waals surface area contributed by atoms with Crippen LogP contribution in [0.25, 0.3) is 0 Å². The minimum absolute atomic E-state index is 0.170. The topological polar surface area (TPSA) is 105 Å². The van der Waals surface area contributed by atoms with Crippen molar-refractivity contribution in [2.24, 2.45) is 0 Å². The van der Waals surface area contributed by atoms with Gasteiger partial charge in [0.25, 0.3) is 0 Å². The highest BCUT2D eigenvalue weighted by Crippen LogP contribution is 2.32. The monoisotopic (exact) mass is 519 g/mol. The number of hydrogen-bond acceptors (Lipinski definition) is 6. The Labute approximate surface area is 214 Å². The van der Waals surface area contributed by atoms with Gasteiger partial charge < -0.3 is 19.7 Å². The van der Waals surface area contributed by atoms with Crippen molar-refractivity contribution in [2.45, 2.75) is 45.7 Å². The maximum Gasteiger partial charge on any atom is 0.244 e. The second kappa shape index (κ2) is 13.7. The van der Waals surface area contributed by atoms with Gasteiger partial charge in [-0.2, -0.15) is 0 Å². The molecular weight excluding hydrogens is 482 g/mol. The Morgan fingerprint density at radius 3 is 2.22 bits per heavy atom. The van der Waals surface area contributed by atoms with Crippen molar-refractivity contribution in [1.82, 2.24) is 10.2 Å². The first-order chi connectivity index (χ1) is 17.2. The van der Waals surface area contributed by atoms with Gasteiger partial charge in [-0.1, -0.05) is 50.6 Å². The smallest absolute Gasteiger partial charge is 0.244 e. The van der Waals surface area contributed by atoms with E-state index in [4.69, 9.17) is 9.47 Å². The number of unbranched alkanes of at least 4 members (excludes halogenated alkanes) is 1. The third-order valence-corrected chi connectivity index (χ3v) is 6.89. The molecule has 0 saturated carbocycles. The van der Waals surface area contributed by atoms with Crippen molar-refractivity contribution in [3.05, 3.63) is 54.1 Å². The van der Waals surface area contributed by atoms with Crippen LogP contribution in [0.1, 0.15) is 38.7 Å². The highest BCUT2D eigenvalue weighted by molar-refractivity contribution is 7.92. The summed E-state index contributed by atoms with van der Waals surface area (Å²) in [5, 5.41) is 2.90. The molecule has 2 aromatic rings. The normalized spacial score (nSPS) is 11.9. The molecule has 10 heteroatoms. The fourth-order valence-corrected chi connectivity index (χ4v) is 4.64. The van der Waals surface area contributed by atoms with Crippen molar-refractivity contribution in [1.29, 1.82) is 0 Å². The van der Waals surface area contributed by atoms with Gasteiger partial charge in [0.05, 0.1) is 26.2 Å². The van der Waals surface area contributed by atoms with Gasteiger partial charge in [-0.15, -0.1) is 0 Å². The van der Waals surface area contributed by atoms with Gasteiger partial charge in [0.1, 0.15) is 12.6 Å². The van der Waals surface area contributed by atoms with Crippen molar-refractivity contribution in [2.75, 3.05) is 37.9 Å². The molecule has 2 amide bonds. The van der Waals surface area contributed by atoms with E-state index in [1.165, 1.54) is 25.2 Å². The lowest BCUT2D eigenvalue weighted by atomic mass is 10.1. The maximum atomic E-state index is 13.7. The summed E-state index contributed by atoms with van der Waals surface area (Å²) in [7, 11) is -0.919. The summed E-state index contributed by atoms with van der Waals surface area (Å²) in [6, 6.07) is 13.2. The third kappa shape index (κ3) is 7.87. The molecule has 0 aliphatic carbocycles. The van der Waals surface area contributed by atoms with E-state index in [2.05, 4.69) is 5.32 Å². The van der Waals surface area contributed by atoms with E-state index in [-0.39, 0.29) is 18.1 Å². The number of amides is 2. The zero-order chi connectivity index (χ0) is 26.7. The fourth-order valence-electron chi connectivity index (χ4n) is 3.80. The van der Waals surface area contributed by atoms with E-state index in [1.807, 2.05) is 44.2 Å². The van der Waals surface area contributed by atoms with Crippen molar-refractivity contribution >= 4 is 27.5 Å². The Morgan fingerprint density at radius 2 is 1.67 bits per heavy atom. The number of sulfonamides is 1. The number of anilines is 1. The third-order valence-electron chi connectivity index (χ3n) is 5.75. The molecule has 0 unspecified atom stereocenters. The Morgan fingerprint density at radius 1 is 1.00 bits per heavy atom. The van der Waals surface area contributed by atoms with Crippen LogP contribution >= 0.6 is 0 Å². The van der Waals surface area contributed by atoms with Gasteiger partial charge in [0.15, 0.2) is 11.5 Å². The Balaban J connectivity index is 2.42.